The number of nitrogens with one attached hydrogen (secondary N) is 2. The number of fused-ring (bicyclic) bond motifs is 1. The minimum Gasteiger partial charge on any atom is -0.490 e. The summed E-state index contributed by atoms with van der Waals surface area (Å²) in [4.78, 5) is 4.62. The molecule has 8 heteroatoms. The van der Waals surface area contributed by atoms with E-state index < -0.39 is 0 Å². The van der Waals surface area contributed by atoms with Gasteiger partial charge in [0, 0.05) is 36.7 Å². The normalized spacial score (nSPS) is 13.6. The highest BCUT2D eigenvalue weighted by atomic mass is 127. The molecule has 1 aromatic carbocycles. The molecule has 0 radical (unpaired) electrons. The summed E-state index contributed by atoms with van der Waals surface area (Å²) in [6.07, 6.45) is 3.00. The van der Waals surface area contributed by atoms with Crippen LogP contribution in [0.5, 0.6) is 11.5 Å². The minimum absolute atomic E-state index is 0. The van der Waals surface area contributed by atoms with Gasteiger partial charge in [0.25, 0.3) is 0 Å². The van der Waals surface area contributed by atoms with E-state index >= 15 is 0 Å². The molecule has 1 aliphatic heterocycles. The van der Waals surface area contributed by atoms with E-state index in [0.29, 0.717) is 31.6 Å². The fourth-order valence-electron chi connectivity index (χ4n) is 3.14. The molecule has 7 nitrogen and oxygen atoms in total. The summed E-state index contributed by atoms with van der Waals surface area (Å²) in [7, 11) is 0. The van der Waals surface area contributed by atoms with E-state index in [1.165, 1.54) is 0 Å². The number of ether oxygens (including phenoxy) is 2. The molecule has 0 saturated carbocycles. The van der Waals surface area contributed by atoms with Crippen LogP contribution in [0.1, 0.15) is 57.4 Å². The Morgan fingerprint density at radius 3 is 2.59 bits per heavy atom. The number of halogens is 1. The topological polar surface area (TPSA) is 80.9 Å². The van der Waals surface area contributed by atoms with Crippen molar-refractivity contribution in [3.8, 4) is 11.5 Å². The van der Waals surface area contributed by atoms with Crippen molar-refractivity contribution in [2.75, 3.05) is 25.1 Å². The lowest BCUT2D eigenvalue weighted by molar-refractivity contribution is 0.297. The van der Waals surface area contributed by atoms with Crippen molar-refractivity contribution in [3.05, 3.63) is 35.7 Å². The standard InChI is InChI=1S/C21H30N4O3.HI/c1-4-15(5-2)18-13-17(28-25-18)14-23-21(22-6-3)24-16-8-9-19-20(12-16)27-11-7-10-26-19;/h8-9,12-13,15H,4-7,10-11,14H2,1-3H3,(H2,22,23,24);1H. The van der Waals surface area contributed by atoms with E-state index in [2.05, 4.69) is 34.6 Å². The molecule has 1 aromatic heterocycles. The van der Waals surface area contributed by atoms with Gasteiger partial charge in [-0.15, -0.1) is 24.0 Å². The van der Waals surface area contributed by atoms with E-state index in [9.17, 15) is 0 Å². The molecule has 0 aliphatic carbocycles. The average molecular weight is 514 g/mol. The van der Waals surface area contributed by atoms with Gasteiger partial charge in [-0.1, -0.05) is 19.0 Å². The van der Waals surface area contributed by atoms with E-state index in [1.807, 2.05) is 31.2 Å². The summed E-state index contributed by atoms with van der Waals surface area (Å²) in [5.74, 6) is 3.41. The van der Waals surface area contributed by atoms with Gasteiger partial charge in [0.1, 0.15) is 6.54 Å². The number of hydrogen-bond donors (Lipinski definition) is 2. The highest BCUT2D eigenvalue weighted by Gasteiger charge is 2.14. The van der Waals surface area contributed by atoms with E-state index in [1.54, 1.807) is 0 Å². The first-order chi connectivity index (χ1) is 13.7. The largest absolute Gasteiger partial charge is 0.490 e. The number of benzene rings is 1. The molecule has 29 heavy (non-hydrogen) atoms. The predicted molar refractivity (Wildman–Crippen MR) is 126 cm³/mol. The monoisotopic (exact) mass is 514 g/mol. The van der Waals surface area contributed by atoms with Crippen LogP contribution < -0.4 is 20.1 Å². The van der Waals surface area contributed by atoms with Gasteiger partial charge in [-0.25, -0.2) is 4.99 Å². The number of guanidine groups is 1. The van der Waals surface area contributed by atoms with Gasteiger partial charge in [0.05, 0.1) is 18.9 Å². The number of rotatable bonds is 7. The third-order valence-corrected chi connectivity index (χ3v) is 4.73. The number of aliphatic imine (C=N–C) groups is 1. The van der Waals surface area contributed by atoms with E-state index in [4.69, 9.17) is 14.0 Å². The summed E-state index contributed by atoms with van der Waals surface area (Å²) in [6.45, 7) is 8.89. The lowest BCUT2D eigenvalue weighted by Crippen LogP contribution is -2.30. The molecule has 2 heterocycles. The third kappa shape index (κ3) is 6.52. The Balaban J connectivity index is 0.00000300. The molecule has 0 fully saturated rings. The van der Waals surface area contributed by atoms with Crippen molar-refractivity contribution >= 4 is 35.6 Å². The van der Waals surface area contributed by atoms with Crippen molar-refractivity contribution in [2.24, 2.45) is 4.99 Å². The first-order valence-corrected chi connectivity index (χ1v) is 10.1. The van der Waals surface area contributed by atoms with Gasteiger partial charge in [-0.3, -0.25) is 0 Å². The summed E-state index contributed by atoms with van der Waals surface area (Å²) in [5, 5.41) is 10.8. The second-order valence-corrected chi connectivity index (χ2v) is 6.76. The number of hydrogen-bond acceptors (Lipinski definition) is 5. The van der Waals surface area contributed by atoms with Crippen LogP contribution >= 0.6 is 24.0 Å². The van der Waals surface area contributed by atoms with Crippen LogP contribution in [0.25, 0.3) is 0 Å². The maximum Gasteiger partial charge on any atom is 0.196 e. The zero-order chi connectivity index (χ0) is 19.8. The molecule has 2 aromatic rings. The van der Waals surface area contributed by atoms with E-state index in [-0.39, 0.29) is 24.0 Å². The quantitative estimate of drug-likeness (QED) is 0.310. The van der Waals surface area contributed by atoms with Gasteiger partial charge in [-0.05, 0) is 31.9 Å². The molecule has 160 valence electrons. The molecule has 0 spiro atoms. The highest BCUT2D eigenvalue weighted by Crippen LogP contribution is 2.32. The van der Waals surface area contributed by atoms with Crippen molar-refractivity contribution in [1.29, 1.82) is 0 Å². The Labute approximate surface area is 189 Å². The zero-order valence-electron chi connectivity index (χ0n) is 17.4. The molecular weight excluding hydrogens is 483 g/mol. The van der Waals surface area contributed by atoms with Crippen LogP contribution in [-0.4, -0.2) is 30.9 Å². The van der Waals surface area contributed by atoms with E-state index in [0.717, 1.165) is 54.4 Å². The first kappa shape index (κ1) is 23.3. The Morgan fingerprint density at radius 1 is 1.10 bits per heavy atom. The van der Waals surface area contributed by atoms with Gasteiger partial charge >= 0.3 is 0 Å². The summed E-state index contributed by atoms with van der Waals surface area (Å²) in [5.41, 5.74) is 1.90. The third-order valence-electron chi connectivity index (χ3n) is 4.73. The van der Waals surface area contributed by atoms with Gasteiger partial charge in [-0.2, -0.15) is 0 Å². The van der Waals surface area contributed by atoms with Crippen LogP contribution in [0.4, 0.5) is 5.69 Å². The second kappa shape index (κ2) is 11.9. The summed E-state index contributed by atoms with van der Waals surface area (Å²) >= 11 is 0. The fourth-order valence-corrected chi connectivity index (χ4v) is 3.14. The lowest BCUT2D eigenvalue weighted by atomic mass is 9.99. The molecule has 2 N–H and O–H groups in total. The molecule has 0 unspecified atom stereocenters. The van der Waals surface area contributed by atoms with Crippen LogP contribution in [0, 0.1) is 0 Å². The maximum absolute atomic E-state index is 5.76. The van der Waals surface area contributed by atoms with Crippen molar-refractivity contribution < 1.29 is 14.0 Å². The number of nitrogens with zero attached hydrogens (tertiary/aromatic N) is 2. The van der Waals surface area contributed by atoms with Crippen LogP contribution in [0.2, 0.25) is 0 Å². The fraction of sp³-hybridized carbons (Fsp3) is 0.524. The number of aromatic nitrogens is 1. The van der Waals surface area contributed by atoms with Crippen LogP contribution in [0.3, 0.4) is 0 Å². The smallest absolute Gasteiger partial charge is 0.196 e. The van der Waals surface area contributed by atoms with Crippen molar-refractivity contribution in [3.63, 3.8) is 0 Å². The molecule has 3 rings (SSSR count). The van der Waals surface area contributed by atoms with Crippen molar-refractivity contribution in [1.82, 2.24) is 10.5 Å². The van der Waals surface area contributed by atoms with Gasteiger partial charge < -0.3 is 24.6 Å². The summed E-state index contributed by atoms with van der Waals surface area (Å²) in [6, 6.07) is 7.83. The van der Waals surface area contributed by atoms with Crippen LogP contribution in [-0.2, 0) is 6.54 Å². The molecule has 1 aliphatic rings. The molecule has 0 saturated heterocycles. The first-order valence-electron chi connectivity index (χ1n) is 10.1. The predicted octanol–water partition coefficient (Wildman–Crippen LogP) is 4.94. The molecule has 0 amide bonds. The average Bonchev–Trinajstić information content (AvgIpc) is 3.04. The van der Waals surface area contributed by atoms with Gasteiger partial charge in [0.15, 0.2) is 23.2 Å². The minimum atomic E-state index is 0. The molecular formula is C21H31IN4O3. The van der Waals surface area contributed by atoms with Crippen LogP contribution in [0.15, 0.2) is 33.8 Å². The summed E-state index contributed by atoms with van der Waals surface area (Å²) < 4.78 is 16.9. The van der Waals surface area contributed by atoms with Crippen molar-refractivity contribution in [2.45, 2.75) is 52.5 Å². The van der Waals surface area contributed by atoms with Gasteiger partial charge in [0.2, 0.25) is 0 Å². The molecule has 0 atom stereocenters. The lowest BCUT2D eigenvalue weighted by Gasteiger charge is -2.13. The Kier molecular flexibility index (Phi) is 9.56. The Bertz CT molecular complexity index is 790. The Morgan fingerprint density at radius 2 is 1.86 bits per heavy atom. The maximum atomic E-state index is 5.76. The Hall–Kier alpha value is -1.97. The number of anilines is 1. The highest BCUT2D eigenvalue weighted by molar-refractivity contribution is 14.0. The zero-order valence-corrected chi connectivity index (χ0v) is 19.7. The molecule has 0 bridgehead atoms. The second-order valence-electron chi connectivity index (χ2n) is 6.76. The SMILES string of the molecule is CCNC(=NCc1cc(C(CC)CC)no1)Nc1ccc2c(c1)OCCCO2.I.